The van der Waals surface area contributed by atoms with Crippen LogP contribution in [0, 0.1) is 0 Å². The number of carbonyl (C=O) groups is 1. The highest BCUT2D eigenvalue weighted by Crippen LogP contribution is 2.16. The van der Waals surface area contributed by atoms with Gasteiger partial charge in [-0.25, -0.2) is 13.1 Å². The normalized spacial score (nSPS) is 20.9. The molecular weight excluding hydrogens is 314 g/mol. The summed E-state index contributed by atoms with van der Waals surface area (Å²) in [6.07, 6.45) is 2.18. The van der Waals surface area contributed by atoms with Gasteiger partial charge in [-0.15, -0.1) is 11.3 Å². The van der Waals surface area contributed by atoms with E-state index in [1.165, 1.54) is 13.0 Å². The van der Waals surface area contributed by atoms with Crippen molar-refractivity contribution < 1.29 is 22.7 Å². The Labute approximate surface area is 128 Å². The number of hydrogen-bond acceptors (Lipinski definition) is 6. The Morgan fingerprint density at radius 2 is 2.38 bits per heavy atom. The number of rotatable bonds is 6. The lowest BCUT2D eigenvalue weighted by molar-refractivity contribution is -0.133. The standard InChI is InChI=1S/C13H19NO5S2/c1-10(19-9-11-5-2-3-7-18-11)13(15)14-21(16,17)12-6-4-8-20-12/h4,6,8,10-11H,2-3,5,7,9H2,1H3,(H,14,15)/t10-,11-/m1/s1. The van der Waals surface area contributed by atoms with Crippen molar-refractivity contribution in [1.29, 1.82) is 0 Å². The van der Waals surface area contributed by atoms with Crippen LogP contribution in [0.2, 0.25) is 0 Å². The van der Waals surface area contributed by atoms with Crippen LogP contribution in [0.1, 0.15) is 26.2 Å². The molecule has 0 radical (unpaired) electrons. The molecule has 0 aromatic carbocycles. The van der Waals surface area contributed by atoms with E-state index in [9.17, 15) is 13.2 Å². The average Bonchev–Trinajstić information content (AvgIpc) is 3.00. The lowest BCUT2D eigenvalue weighted by Gasteiger charge is -2.23. The Hall–Kier alpha value is -0.960. The van der Waals surface area contributed by atoms with Crippen molar-refractivity contribution in [3.8, 4) is 0 Å². The molecule has 0 spiro atoms. The molecule has 1 N–H and O–H groups in total. The lowest BCUT2D eigenvalue weighted by atomic mass is 10.1. The zero-order chi connectivity index (χ0) is 15.3. The summed E-state index contributed by atoms with van der Waals surface area (Å²) in [6, 6.07) is 3.06. The lowest BCUT2D eigenvalue weighted by Crippen LogP contribution is -2.39. The van der Waals surface area contributed by atoms with Crippen molar-refractivity contribution in [2.75, 3.05) is 13.2 Å². The molecule has 8 heteroatoms. The maximum atomic E-state index is 11.9. The SMILES string of the molecule is C[C@@H](OC[C@H]1CCCCO1)C(=O)NS(=O)(=O)c1cccs1. The number of ether oxygens (including phenoxy) is 2. The van der Waals surface area contributed by atoms with Gasteiger partial charge in [0.1, 0.15) is 10.3 Å². The van der Waals surface area contributed by atoms with Gasteiger partial charge in [-0.1, -0.05) is 6.07 Å². The van der Waals surface area contributed by atoms with Crippen LogP contribution in [-0.2, 0) is 24.3 Å². The minimum absolute atomic E-state index is 0.0112. The topological polar surface area (TPSA) is 81.7 Å². The van der Waals surface area contributed by atoms with Crippen molar-refractivity contribution in [3.05, 3.63) is 17.5 Å². The van der Waals surface area contributed by atoms with E-state index in [4.69, 9.17) is 9.47 Å². The number of carbonyl (C=O) groups excluding carboxylic acids is 1. The van der Waals surface area contributed by atoms with Crippen molar-refractivity contribution in [2.45, 2.75) is 42.6 Å². The highest BCUT2D eigenvalue weighted by molar-refractivity contribution is 7.92. The van der Waals surface area contributed by atoms with Crippen LogP contribution in [0.3, 0.4) is 0 Å². The van der Waals surface area contributed by atoms with Gasteiger partial charge in [0.25, 0.3) is 15.9 Å². The first-order valence-corrected chi connectivity index (χ1v) is 9.18. The smallest absolute Gasteiger partial charge is 0.273 e. The molecule has 21 heavy (non-hydrogen) atoms. The van der Waals surface area contributed by atoms with Gasteiger partial charge < -0.3 is 9.47 Å². The van der Waals surface area contributed by atoms with Crippen LogP contribution >= 0.6 is 11.3 Å². The molecule has 1 aliphatic rings. The third-order valence-electron chi connectivity index (χ3n) is 3.17. The minimum Gasteiger partial charge on any atom is -0.376 e. The van der Waals surface area contributed by atoms with Gasteiger partial charge in [-0.05, 0) is 37.6 Å². The average molecular weight is 333 g/mol. The summed E-state index contributed by atoms with van der Waals surface area (Å²) in [4.78, 5) is 11.9. The van der Waals surface area contributed by atoms with Gasteiger partial charge in [-0.3, -0.25) is 4.79 Å². The van der Waals surface area contributed by atoms with Crippen LogP contribution < -0.4 is 4.72 Å². The van der Waals surface area contributed by atoms with Crippen molar-refractivity contribution in [1.82, 2.24) is 4.72 Å². The van der Waals surface area contributed by atoms with Gasteiger partial charge >= 0.3 is 0 Å². The first kappa shape index (κ1) is 16.4. The Morgan fingerprint density at radius 1 is 1.57 bits per heavy atom. The zero-order valence-corrected chi connectivity index (χ0v) is 13.4. The molecule has 1 aliphatic heterocycles. The summed E-state index contributed by atoms with van der Waals surface area (Å²) >= 11 is 1.06. The first-order chi connectivity index (χ1) is 9.99. The fourth-order valence-corrected chi connectivity index (χ4v) is 3.98. The molecule has 1 fully saturated rings. The van der Waals surface area contributed by atoms with Crippen LogP contribution in [0.15, 0.2) is 21.7 Å². The third kappa shape index (κ3) is 4.77. The highest BCUT2D eigenvalue weighted by atomic mass is 32.2. The Balaban J connectivity index is 1.82. The van der Waals surface area contributed by atoms with Crippen LogP contribution in [-0.4, -0.2) is 39.7 Å². The highest BCUT2D eigenvalue weighted by Gasteiger charge is 2.24. The van der Waals surface area contributed by atoms with E-state index in [2.05, 4.69) is 0 Å². The van der Waals surface area contributed by atoms with Gasteiger partial charge in [-0.2, -0.15) is 0 Å². The molecule has 1 aromatic heterocycles. The quantitative estimate of drug-likeness (QED) is 0.854. The van der Waals surface area contributed by atoms with Crippen molar-refractivity contribution >= 4 is 27.3 Å². The molecule has 0 unspecified atom stereocenters. The second-order valence-corrected chi connectivity index (χ2v) is 7.72. The molecule has 1 aromatic rings. The van der Waals surface area contributed by atoms with Crippen LogP contribution in [0.4, 0.5) is 0 Å². The predicted octanol–water partition coefficient (Wildman–Crippen LogP) is 1.53. The van der Waals surface area contributed by atoms with Gasteiger partial charge in [0.05, 0.1) is 12.7 Å². The summed E-state index contributed by atoms with van der Waals surface area (Å²) in [7, 11) is -3.80. The largest absolute Gasteiger partial charge is 0.376 e. The molecule has 2 rings (SSSR count). The van der Waals surface area contributed by atoms with Crippen LogP contribution in [0.25, 0.3) is 0 Å². The summed E-state index contributed by atoms with van der Waals surface area (Å²) in [5.41, 5.74) is 0. The minimum atomic E-state index is -3.80. The second-order valence-electron chi connectivity index (χ2n) is 4.87. The van der Waals surface area contributed by atoms with Gasteiger partial charge in [0.2, 0.25) is 0 Å². The number of thiophene rings is 1. The Kier molecular flexibility index (Phi) is 5.74. The van der Waals surface area contributed by atoms with Crippen LogP contribution in [0.5, 0.6) is 0 Å². The number of amides is 1. The Bertz CT molecular complexity index is 549. The second kappa shape index (κ2) is 7.35. The van der Waals surface area contributed by atoms with E-state index in [1.54, 1.807) is 11.4 Å². The van der Waals surface area contributed by atoms with Crippen molar-refractivity contribution in [3.63, 3.8) is 0 Å². The van der Waals surface area contributed by atoms with E-state index in [1.807, 2.05) is 4.72 Å². The fourth-order valence-electron chi connectivity index (χ4n) is 1.95. The first-order valence-electron chi connectivity index (χ1n) is 6.82. The summed E-state index contributed by atoms with van der Waals surface area (Å²) in [6.45, 7) is 2.54. The van der Waals surface area contributed by atoms with E-state index in [0.717, 1.165) is 30.6 Å². The molecule has 2 atom stereocenters. The number of sulfonamides is 1. The summed E-state index contributed by atoms with van der Waals surface area (Å²) in [5, 5.41) is 1.64. The monoisotopic (exact) mass is 333 g/mol. The number of hydrogen-bond donors (Lipinski definition) is 1. The molecular formula is C13H19NO5S2. The third-order valence-corrected chi connectivity index (χ3v) is 5.91. The summed E-state index contributed by atoms with van der Waals surface area (Å²) < 4.78 is 36.9. The van der Waals surface area contributed by atoms with E-state index in [0.29, 0.717) is 13.2 Å². The van der Waals surface area contributed by atoms with E-state index < -0.39 is 22.0 Å². The molecule has 0 aliphatic carbocycles. The molecule has 6 nitrogen and oxygen atoms in total. The predicted molar refractivity (Wildman–Crippen MR) is 78.7 cm³/mol. The molecule has 0 saturated carbocycles. The zero-order valence-electron chi connectivity index (χ0n) is 11.8. The molecule has 118 valence electrons. The van der Waals surface area contributed by atoms with E-state index in [-0.39, 0.29) is 10.3 Å². The maximum absolute atomic E-state index is 11.9. The maximum Gasteiger partial charge on any atom is 0.273 e. The molecule has 1 amide bonds. The molecule has 0 bridgehead atoms. The Morgan fingerprint density at radius 3 is 3.00 bits per heavy atom. The fraction of sp³-hybridized carbons (Fsp3) is 0.615. The summed E-state index contributed by atoms with van der Waals surface area (Å²) in [5.74, 6) is -0.667. The van der Waals surface area contributed by atoms with Gasteiger partial charge in [0, 0.05) is 6.61 Å². The molecule has 2 heterocycles. The molecule has 1 saturated heterocycles. The van der Waals surface area contributed by atoms with E-state index >= 15 is 0 Å². The van der Waals surface area contributed by atoms with Crippen molar-refractivity contribution in [2.24, 2.45) is 0 Å². The van der Waals surface area contributed by atoms with Gasteiger partial charge in [0.15, 0.2) is 0 Å². The number of nitrogens with one attached hydrogen (secondary N) is 1.